The number of nitrogens with zero attached hydrogens (tertiary/aromatic N) is 1. The second-order valence-electron chi connectivity index (χ2n) is 6.53. The molecule has 0 spiro atoms. The number of hydrogen-bond donors (Lipinski definition) is 0. The summed E-state index contributed by atoms with van der Waals surface area (Å²) in [6.45, 7) is 1.54. The molecular formula is C17H19NO6S. The quantitative estimate of drug-likeness (QED) is 0.756. The van der Waals surface area contributed by atoms with Gasteiger partial charge >= 0.3 is 5.63 Å². The highest BCUT2D eigenvalue weighted by Crippen LogP contribution is 2.28. The standard InChI is InChI=1S/C17H19NO6S/c1-17(7-8-25(21,22)11-17)18(2)15(19)10-23-13-5-3-12-4-6-16(20)24-14(12)9-13/h3-6,9H,7-8,10-11H2,1-2H3/t17-/m0/s1. The number of hydrogen-bond acceptors (Lipinski definition) is 6. The zero-order valence-electron chi connectivity index (χ0n) is 14.0. The minimum atomic E-state index is -3.10. The van der Waals surface area contributed by atoms with Gasteiger partial charge in [0.15, 0.2) is 16.4 Å². The van der Waals surface area contributed by atoms with E-state index in [0.29, 0.717) is 17.8 Å². The lowest BCUT2D eigenvalue weighted by molar-refractivity contribution is -0.136. The number of benzene rings is 1. The van der Waals surface area contributed by atoms with Crippen molar-refractivity contribution in [1.82, 2.24) is 4.90 Å². The monoisotopic (exact) mass is 365 g/mol. The van der Waals surface area contributed by atoms with E-state index < -0.39 is 21.0 Å². The van der Waals surface area contributed by atoms with Crippen LogP contribution in [-0.2, 0) is 14.6 Å². The van der Waals surface area contributed by atoms with Gasteiger partial charge in [0.05, 0.1) is 17.0 Å². The van der Waals surface area contributed by atoms with Crippen LogP contribution in [0.1, 0.15) is 13.3 Å². The van der Waals surface area contributed by atoms with Gasteiger partial charge in [0, 0.05) is 24.6 Å². The minimum Gasteiger partial charge on any atom is -0.484 e. The first kappa shape index (κ1) is 17.5. The summed E-state index contributed by atoms with van der Waals surface area (Å²) in [6.07, 6.45) is 0.415. The first-order valence-corrected chi connectivity index (χ1v) is 9.65. The van der Waals surface area contributed by atoms with E-state index in [4.69, 9.17) is 9.15 Å². The van der Waals surface area contributed by atoms with Crippen LogP contribution < -0.4 is 10.4 Å². The second kappa shape index (κ2) is 6.18. The molecule has 1 fully saturated rings. The molecule has 1 amide bonds. The molecule has 0 N–H and O–H groups in total. The largest absolute Gasteiger partial charge is 0.484 e. The third-order valence-corrected chi connectivity index (χ3v) is 6.51. The molecule has 0 saturated carbocycles. The molecule has 1 aromatic carbocycles. The highest BCUT2D eigenvalue weighted by Gasteiger charge is 2.43. The Labute approximate surface area is 145 Å². The molecule has 1 aromatic heterocycles. The van der Waals surface area contributed by atoms with E-state index in [2.05, 4.69) is 0 Å². The van der Waals surface area contributed by atoms with Crippen molar-refractivity contribution in [3.63, 3.8) is 0 Å². The molecule has 0 radical (unpaired) electrons. The molecule has 1 atom stereocenters. The number of rotatable bonds is 4. The summed E-state index contributed by atoms with van der Waals surface area (Å²) in [5.74, 6) is 0.136. The average Bonchev–Trinajstić information content (AvgIpc) is 2.85. The molecule has 7 nitrogen and oxygen atoms in total. The maximum Gasteiger partial charge on any atom is 0.336 e. The molecule has 0 aliphatic carbocycles. The second-order valence-corrected chi connectivity index (χ2v) is 8.72. The van der Waals surface area contributed by atoms with Crippen LogP contribution in [0.5, 0.6) is 5.75 Å². The first-order valence-electron chi connectivity index (χ1n) is 7.82. The molecule has 2 aromatic rings. The number of sulfone groups is 1. The molecular weight excluding hydrogens is 346 g/mol. The van der Waals surface area contributed by atoms with Crippen molar-refractivity contribution in [2.45, 2.75) is 18.9 Å². The van der Waals surface area contributed by atoms with E-state index in [1.54, 1.807) is 38.2 Å². The normalized spacial score (nSPS) is 22.0. The Balaban J connectivity index is 1.69. The van der Waals surface area contributed by atoms with Crippen molar-refractivity contribution in [3.8, 4) is 5.75 Å². The Bertz CT molecular complexity index is 980. The molecule has 0 unspecified atom stereocenters. The number of carbonyl (C=O) groups is 1. The molecule has 1 saturated heterocycles. The molecule has 1 aliphatic rings. The lowest BCUT2D eigenvalue weighted by Gasteiger charge is -2.34. The molecule has 134 valence electrons. The van der Waals surface area contributed by atoms with E-state index in [1.165, 1.54) is 11.0 Å². The van der Waals surface area contributed by atoms with Crippen molar-refractivity contribution in [3.05, 3.63) is 40.8 Å². The van der Waals surface area contributed by atoms with E-state index in [9.17, 15) is 18.0 Å². The lowest BCUT2D eigenvalue weighted by atomic mass is 10.00. The number of amides is 1. The summed E-state index contributed by atoms with van der Waals surface area (Å²) >= 11 is 0. The molecule has 3 rings (SSSR count). The maximum atomic E-state index is 12.4. The van der Waals surface area contributed by atoms with Crippen molar-refractivity contribution in [2.75, 3.05) is 25.2 Å². The SMILES string of the molecule is CN(C(=O)COc1ccc2ccc(=O)oc2c1)[C@@]1(C)CCS(=O)(=O)C1. The maximum absolute atomic E-state index is 12.4. The minimum absolute atomic E-state index is 0.0383. The van der Waals surface area contributed by atoms with E-state index in [-0.39, 0.29) is 24.0 Å². The summed E-state index contributed by atoms with van der Waals surface area (Å²) < 4.78 is 34.0. The topological polar surface area (TPSA) is 93.9 Å². The van der Waals surface area contributed by atoms with Crippen LogP contribution >= 0.6 is 0 Å². The summed E-state index contributed by atoms with van der Waals surface area (Å²) in [6, 6.07) is 7.93. The van der Waals surface area contributed by atoms with Gasteiger partial charge in [0.2, 0.25) is 0 Å². The van der Waals surface area contributed by atoms with Crippen molar-refractivity contribution in [2.24, 2.45) is 0 Å². The highest BCUT2D eigenvalue weighted by atomic mass is 32.2. The van der Waals surface area contributed by atoms with Gasteiger partial charge in [-0.2, -0.15) is 0 Å². The van der Waals surface area contributed by atoms with E-state index in [1.807, 2.05) is 0 Å². The van der Waals surface area contributed by atoms with Gasteiger partial charge in [-0.05, 0) is 31.5 Å². The van der Waals surface area contributed by atoms with Gasteiger partial charge in [0.1, 0.15) is 11.3 Å². The predicted octanol–water partition coefficient (Wildman–Crippen LogP) is 1.21. The molecule has 8 heteroatoms. The number of likely N-dealkylation sites (N-methyl/N-ethyl adjacent to an activating group) is 1. The zero-order chi connectivity index (χ0) is 18.2. The summed E-state index contributed by atoms with van der Waals surface area (Å²) in [5, 5.41) is 0.749. The van der Waals surface area contributed by atoms with Crippen LogP contribution in [0.25, 0.3) is 11.0 Å². The Morgan fingerprint density at radius 1 is 1.32 bits per heavy atom. The van der Waals surface area contributed by atoms with E-state index in [0.717, 1.165) is 5.39 Å². The lowest BCUT2D eigenvalue weighted by Crippen LogP contribution is -2.49. The van der Waals surface area contributed by atoms with Crippen LogP contribution in [0.4, 0.5) is 0 Å². The zero-order valence-corrected chi connectivity index (χ0v) is 14.8. The van der Waals surface area contributed by atoms with Crippen LogP contribution in [0.2, 0.25) is 0 Å². The van der Waals surface area contributed by atoms with Crippen molar-refractivity contribution in [1.29, 1.82) is 0 Å². The third kappa shape index (κ3) is 3.68. The van der Waals surface area contributed by atoms with Crippen LogP contribution in [-0.4, -0.2) is 49.9 Å². The fourth-order valence-electron chi connectivity index (χ4n) is 2.93. The van der Waals surface area contributed by atoms with Gasteiger partial charge in [-0.15, -0.1) is 0 Å². The molecule has 2 heterocycles. The highest BCUT2D eigenvalue weighted by molar-refractivity contribution is 7.91. The van der Waals surface area contributed by atoms with Crippen LogP contribution in [0.3, 0.4) is 0 Å². The van der Waals surface area contributed by atoms with E-state index >= 15 is 0 Å². The van der Waals surface area contributed by atoms with Gasteiger partial charge < -0.3 is 14.1 Å². The summed E-state index contributed by atoms with van der Waals surface area (Å²) in [5.41, 5.74) is -0.800. The third-order valence-electron chi connectivity index (χ3n) is 4.62. The molecule has 1 aliphatic heterocycles. The average molecular weight is 365 g/mol. The number of carbonyl (C=O) groups excluding carboxylic acids is 1. The summed E-state index contributed by atoms with van der Waals surface area (Å²) in [7, 11) is -1.52. The van der Waals surface area contributed by atoms with Crippen molar-refractivity contribution >= 4 is 26.7 Å². The Hall–Kier alpha value is -2.35. The molecule has 0 bridgehead atoms. The Morgan fingerprint density at radius 2 is 2.04 bits per heavy atom. The van der Waals surface area contributed by atoms with Gasteiger partial charge in [-0.25, -0.2) is 13.2 Å². The summed E-state index contributed by atoms with van der Waals surface area (Å²) in [4.78, 5) is 25.1. The van der Waals surface area contributed by atoms with Gasteiger partial charge in [0.25, 0.3) is 5.91 Å². The number of ether oxygens (including phenoxy) is 1. The van der Waals surface area contributed by atoms with Crippen LogP contribution in [0, 0.1) is 0 Å². The predicted molar refractivity (Wildman–Crippen MR) is 92.4 cm³/mol. The fraction of sp³-hybridized carbons (Fsp3) is 0.412. The Kier molecular flexibility index (Phi) is 4.32. The molecule has 25 heavy (non-hydrogen) atoms. The smallest absolute Gasteiger partial charge is 0.336 e. The van der Waals surface area contributed by atoms with Crippen LogP contribution in [0.15, 0.2) is 39.5 Å². The number of fused-ring (bicyclic) bond motifs is 1. The van der Waals surface area contributed by atoms with Gasteiger partial charge in [-0.3, -0.25) is 4.79 Å². The van der Waals surface area contributed by atoms with Crippen molar-refractivity contribution < 1.29 is 22.4 Å². The first-order chi connectivity index (χ1) is 11.7. The van der Waals surface area contributed by atoms with Gasteiger partial charge in [-0.1, -0.05) is 0 Å². The Morgan fingerprint density at radius 3 is 2.72 bits per heavy atom. The fourth-order valence-corrected chi connectivity index (χ4v) is 5.11.